The smallest absolute Gasteiger partial charge is 0.308 e. The minimum atomic E-state index is -0.872. The van der Waals surface area contributed by atoms with Crippen LogP contribution >= 0.6 is 0 Å². The molecule has 27 heavy (non-hydrogen) atoms. The number of esters is 1. The molecule has 7 nitrogen and oxygen atoms in total. The first-order valence-electron chi connectivity index (χ1n) is 9.47. The molecule has 1 heterocycles. The zero-order valence-electron chi connectivity index (χ0n) is 16.2. The van der Waals surface area contributed by atoms with Gasteiger partial charge in [-0.05, 0) is 38.0 Å². The van der Waals surface area contributed by atoms with E-state index in [1.807, 2.05) is 13.8 Å². The summed E-state index contributed by atoms with van der Waals surface area (Å²) in [4.78, 5) is 38.9. The first-order valence-corrected chi connectivity index (χ1v) is 9.47. The second-order valence-electron chi connectivity index (χ2n) is 6.59. The van der Waals surface area contributed by atoms with Gasteiger partial charge in [-0.3, -0.25) is 14.4 Å². The number of amides is 2. The molecule has 2 amide bonds. The minimum Gasteiger partial charge on any atom is -0.494 e. The van der Waals surface area contributed by atoms with Crippen molar-refractivity contribution in [3.05, 3.63) is 29.8 Å². The summed E-state index contributed by atoms with van der Waals surface area (Å²) in [7, 11) is 0. The second kappa shape index (κ2) is 9.94. The molecule has 2 rings (SSSR count). The van der Waals surface area contributed by atoms with Crippen LogP contribution < -0.4 is 10.1 Å². The number of rotatable bonds is 8. The number of piperazine rings is 1. The Morgan fingerprint density at radius 3 is 2.81 bits per heavy atom. The van der Waals surface area contributed by atoms with Gasteiger partial charge in [0.05, 0.1) is 19.1 Å². The summed E-state index contributed by atoms with van der Waals surface area (Å²) in [5, 5.41) is 2.72. The van der Waals surface area contributed by atoms with Crippen molar-refractivity contribution in [2.45, 2.75) is 52.2 Å². The van der Waals surface area contributed by atoms with Crippen molar-refractivity contribution in [3.63, 3.8) is 0 Å². The predicted octanol–water partition coefficient (Wildman–Crippen LogP) is 2.15. The summed E-state index contributed by atoms with van der Waals surface area (Å²) in [5.41, 5.74) is 0.429. The van der Waals surface area contributed by atoms with Crippen molar-refractivity contribution < 1.29 is 23.9 Å². The van der Waals surface area contributed by atoms with Crippen LogP contribution in [0.3, 0.4) is 0 Å². The number of carbonyl (C=O) groups is 3. The molecule has 0 aromatic heterocycles. The van der Waals surface area contributed by atoms with E-state index in [1.54, 1.807) is 31.2 Å². The van der Waals surface area contributed by atoms with Gasteiger partial charge in [-0.25, -0.2) is 0 Å². The van der Waals surface area contributed by atoms with Crippen molar-refractivity contribution in [1.29, 1.82) is 0 Å². The highest BCUT2D eigenvalue weighted by molar-refractivity contribution is 5.99. The van der Waals surface area contributed by atoms with Crippen LogP contribution in [0.15, 0.2) is 24.3 Å². The maximum absolute atomic E-state index is 13.0. The fourth-order valence-electron chi connectivity index (χ4n) is 2.78. The first kappa shape index (κ1) is 20.7. The maximum atomic E-state index is 13.0. The van der Waals surface area contributed by atoms with Gasteiger partial charge in [-0.2, -0.15) is 0 Å². The Morgan fingerprint density at radius 1 is 1.33 bits per heavy atom. The molecule has 1 aliphatic heterocycles. The molecule has 7 heteroatoms. The van der Waals surface area contributed by atoms with Crippen LogP contribution in [0.5, 0.6) is 5.75 Å². The molecule has 1 aromatic rings. The highest BCUT2D eigenvalue weighted by Gasteiger charge is 2.35. The van der Waals surface area contributed by atoms with Crippen molar-refractivity contribution in [3.8, 4) is 5.75 Å². The lowest BCUT2D eigenvalue weighted by Crippen LogP contribution is -2.57. The van der Waals surface area contributed by atoms with E-state index in [9.17, 15) is 14.4 Å². The topological polar surface area (TPSA) is 84.9 Å². The van der Waals surface area contributed by atoms with E-state index in [4.69, 9.17) is 9.47 Å². The van der Waals surface area contributed by atoms with Crippen LogP contribution in [0.1, 0.15) is 50.4 Å². The number of nitrogens with one attached hydrogen (secondary N) is 1. The number of ether oxygens (including phenoxy) is 2. The highest BCUT2D eigenvalue weighted by Crippen LogP contribution is 2.19. The minimum absolute atomic E-state index is 0.159. The van der Waals surface area contributed by atoms with Gasteiger partial charge in [0.25, 0.3) is 5.91 Å². The molecule has 148 valence electrons. The Morgan fingerprint density at radius 2 is 2.11 bits per heavy atom. The third kappa shape index (κ3) is 5.70. The van der Waals surface area contributed by atoms with Gasteiger partial charge < -0.3 is 19.7 Å². The molecule has 0 radical (unpaired) electrons. The average molecular weight is 376 g/mol. The number of hydrogen-bond donors (Lipinski definition) is 1. The standard InChI is InChI=1S/C20H28N2O5/c1-4-11-26-16-8-6-7-15(12-16)20(25)22-10-9-21-19(24)17(22)13-18(23)27-14(3)5-2/h6-8,12,14,17H,4-5,9-11,13H2,1-3H3,(H,21,24). The lowest BCUT2D eigenvalue weighted by Gasteiger charge is -2.34. The quantitative estimate of drug-likeness (QED) is 0.703. The van der Waals surface area contributed by atoms with E-state index in [2.05, 4.69) is 5.32 Å². The Kier molecular flexibility index (Phi) is 7.64. The molecule has 1 aromatic carbocycles. The SMILES string of the molecule is CCCOc1cccc(C(=O)N2CCNC(=O)C2CC(=O)OC(C)CC)c1. The number of hydrogen-bond acceptors (Lipinski definition) is 5. The summed E-state index contributed by atoms with van der Waals surface area (Å²) in [5.74, 6) is -0.511. The molecule has 0 bridgehead atoms. The van der Waals surface area contributed by atoms with Gasteiger partial charge in [-0.15, -0.1) is 0 Å². The summed E-state index contributed by atoms with van der Waals surface area (Å²) in [6.07, 6.45) is 1.18. The van der Waals surface area contributed by atoms with Crippen molar-refractivity contribution in [2.75, 3.05) is 19.7 Å². The van der Waals surface area contributed by atoms with Gasteiger partial charge >= 0.3 is 5.97 Å². The second-order valence-corrected chi connectivity index (χ2v) is 6.59. The molecule has 1 fully saturated rings. The molecule has 0 spiro atoms. The van der Waals surface area contributed by atoms with Gasteiger partial charge in [0.15, 0.2) is 0 Å². The van der Waals surface area contributed by atoms with E-state index in [-0.39, 0.29) is 24.3 Å². The lowest BCUT2D eigenvalue weighted by atomic mass is 10.1. The zero-order chi connectivity index (χ0) is 19.8. The largest absolute Gasteiger partial charge is 0.494 e. The van der Waals surface area contributed by atoms with E-state index >= 15 is 0 Å². The highest BCUT2D eigenvalue weighted by atomic mass is 16.5. The van der Waals surface area contributed by atoms with E-state index in [0.717, 1.165) is 6.42 Å². The van der Waals surface area contributed by atoms with E-state index in [0.29, 0.717) is 37.4 Å². The van der Waals surface area contributed by atoms with Crippen LogP contribution in [0.2, 0.25) is 0 Å². The van der Waals surface area contributed by atoms with Crippen LogP contribution in [-0.4, -0.2) is 54.5 Å². The Hall–Kier alpha value is -2.57. The normalized spacial score (nSPS) is 17.8. The molecule has 0 saturated carbocycles. The fraction of sp³-hybridized carbons (Fsp3) is 0.550. The summed E-state index contributed by atoms with van der Waals surface area (Å²) in [6, 6.07) is 6.01. The molecule has 1 N–H and O–H groups in total. The summed E-state index contributed by atoms with van der Waals surface area (Å²) in [6.45, 7) is 6.97. The molecule has 2 atom stereocenters. The Bertz CT molecular complexity index is 676. The fourth-order valence-corrected chi connectivity index (χ4v) is 2.78. The lowest BCUT2D eigenvalue weighted by molar-refractivity contribution is -0.151. The number of benzene rings is 1. The van der Waals surface area contributed by atoms with Crippen LogP contribution in [-0.2, 0) is 14.3 Å². The molecular formula is C20H28N2O5. The molecule has 0 aliphatic carbocycles. The van der Waals surface area contributed by atoms with Gasteiger partial charge in [0.2, 0.25) is 5.91 Å². The Balaban J connectivity index is 2.14. The molecule has 2 unspecified atom stereocenters. The van der Waals surface area contributed by atoms with Crippen LogP contribution in [0.4, 0.5) is 0 Å². The zero-order valence-corrected chi connectivity index (χ0v) is 16.2. The van der Waals surface area contributed by atoms with Crippen LogP contribution in [0, 0.1) is 0 Å². The molecule has 1 aliphatic rings. The predicted molar refractivity (Wildman–Crippen MR) is 101 cm³/mol. The monoisotopic (exact) mass is 376 g/mol. The van der Waals surface area contributed by atoms with Gasteiger partial charge in [0.1, 0.15) is 11.8 Å². The molecule has 1 saturated heterocycles. The van der Waals surface area contributed by atoms with Gasteiger partial charge in [0, 0.05) is 18.7 Å². The summed E-state index contributed by atoms with van der Waals surface area (Å²) >= 11 is 0. The van der Waals surface area contributed by atoms with Crippen molar-refractivity contribution >= 4 is 17.8 Å². The number of nitrogens with zero attached hydrogens (tertiary/aromatic N) is 1. The van der Waals surface area contributed by atoms with Crippen LogP contribution in [0.25, 0.3) is 0 Å². The Labute approximate surface area is 160 Å². The average Bonchev–Trinajstić information content (AvgIpc) is 2.67. The maximum Gasteiger partial charge on any atom is 0.308 e. The number of carbonyl (C=O) groups excluding carboxylic acids is 3. The van der Waals surface area contributed by atoms with Gasteiger partial charge in [-0.1, -0.05) is 19.9 Å². The summed E-state index contributed by atoms with van der Waals surface area (Å²) < 4.78 is 10.8. The van der Waals surface area contributed by atoms with E-state index in [1.165, 1.54) is 4.90 Å². The molecular weight excluding hydrogens is 348 g/mol. The third-order valence-corrected chi connectivity index (χ3v) is 4.41. The van der Waals surface area contributed by atoms with E-state index < -0.39 is 12.0 Å². The van der Waals surface area contributed by atoms with Crippen molar-refractivity contribution in [2.24, 2.45) is 0 Å². The van der Waals surface area contributed by atoms with Crippen molar-refractivity contribution in [1.82, 2.24) is 10.2 Å². The first-order chi connectivity index (χ1) is 13.0. The third-order valence-electron chi connectivity index (χ3n) is 4.41.